The Morgan fingerprint density at radius 2 is 1.75 bits per heavy atom. The van der Waals surface area contributed by atoms with Crippen molar-refractivity contribution in [2.75, 3.05) is 24.5 Å². The van der Waals surface area contributed by atoms with Crippen LogP contribution in [0.5, 0.6) is 0 Å². The van der Waals surface area contributed by atoms with Gasteiger partial charge in [-0.3, -0.25) is 9.69 Å². The summed E-state index contributed by atoms with van der Waals surface area (Å²) in [7, 11) is 0. The number of hydrogen-bond donors (Lipinski definition) is 0. The predicted octanol–water partition coefficient (Wildman–Crippen LogP) is 3.80. The summed E-state index contributed by atoms with van der Waals surface area (Å²) >= 11 is 0. The molecule has 2 heterocycles. The minimum atomic E-state index is 0.241. The molecule has 1 saturated heterocycles. The molecule has 3 heteroatoms. The first-order chi connectivity index (χ1) is 11.8. The lowest BCUT2D eigenvalue weighted by molar-refractivity contribution is -0.120. The van der Waals surface area contributed by atoms with Crippen LogP contribution in [0.3, 0.4) is 0 Å². The fourth-order valence-corrected chi connectivity index (χ4v) is 4.12. The van der Waals surface area contributed by atoms with Crippen molar-refractivity contribution in [2.45, 2.75) is 31.7 Å². The Morgan fingerprint density at radius 3 is 2.62 bits per heavy atom. The Kier molecular flexibility index (Phi) is 4.35. The highest BCUT2D eigenvalue weighted by atomic mass is 16.2. The summed E-state index contributed by atoms with van der Waals surface area (Å²) in [5, 5.41) is 0. The lowest BCUT2D eigenvalue weighted by Gasteiger charge is -2.32. The van der Waals surface area contributed by atoms with Gasteiger partial charge < -0.3 is 4.90 Å². The van der Waals surface area contributed by atoms with E-state index in [9.17, 15) is 4.79 Å². The van der Waals surface area contributed by atoms with Crippen molar-refractivity contribution in [2.24, 2.45) is 0 Å². The molecule has 0 radical (unpaired) electrons. The molecule has 124 valence electrons. The topological polar surface area (TPSA) is 23.6 Å². The average Bonchev–Trinajstić information content (AvgIpc) is 3.10. The number of likely N-dealkylation sites (tertiary alicyclic amines) is 1. The second-order valence-electron chi connectivity index (χ2n) is 6.82. The molecule has 2 aromatic rings. The van der Waals surface area contributed by atoms with Gasteiger partial charge in [0.1, 0.15) is 0 Å². The Labute approximate surface area is 143 Å². The van der Waals surface area contributed by atoms with E-state index in [1.54, 1.807) is 0 Å². The molecule has 0 N–H and O–H groups in total. The first kappa shape index (κ1) is 15.4. The summed E-state index contributed by atoms with van der Waals surface area (Å²) in [6.07, 6.45) is 4.46. The standard InChI is InChI=1S/C21H24N2O/c24-21(23-15-6-11-18-10-4-5-12-20(18)23)16-22-14-7-13-19(22)17-8-2-1-3-9-17/h1-5,8-10,12,19H,6-7,11,13-16H2. The van der Waals surface area contributed by atoms with Gasteiger partial charge in [-0.05, 0) is 49.4 Å². The van der Waals surface area contributed by atoms with E-state index in [1.165, 1.54) is 17.5 Å². The molecule has 2 aliphatic rings. The van der Waals surface area contributed by atoms with Crippen LogP contribution in [0.15, 0.2) is 54.6 Å². The molecular formula is C21H24N2O. The molecule has 1 unspecified atom stereocenters. The molecule has 0 aliphatic carbocycles. The minimum absolute atomic E-state index is 0.241. The van der Waals surface area contributed by atoms with Gasteiger partial charge in [-0.1, -0.05) is 48.5 Å². The SMILES string of the molecule is O=C(CN1CCCC1c1ccccc1)N1CCCc2ccccc21. The zero-order chi connectivity index (χ0) is 16.4. The number of para-hydroxylation sites is 1. The van der Waals surface area contributed by atoms with Gasteiger partial charge in [-0.25, -0.2) is 0 Å². The van der Waals surface area contributed by atoms with Crippen molar-refractivity contribution in [1.29, 1.82) is 0 Å². The van der Waals surface area contributed by atoms with Gasteiger partial charge >= 0.3 is 0 Å². The lowest BCUT2D eigenvalue weighted by atomic mass is 10.0. The summed E-state index contributed by atoms with van der Waals surface area (Å²) in [6, 6.07) is 19.3. The van der Waals surface area contributed by atoms with Crippen molar-refractivity contribution < 1.29 is 4.79 Å². The molecule has 4 rings (SSSR count). The Hall–Kier alpha value is -2.13. The molecule has 0 saturated carbocycles. The third kappa shape index (κ3) is 2.96. The number of anilines is 1. The Morgan fingerprint density at radius 1 is 0.958 bits per heavy atom. The molecule has 2 aliphatic heterocycles. The first-order valence-electron chi connectivity index (χ1n) is 9.00. The molecule has 0 spiro atoms. The van der Waals surface area contributed by atoms with Gasteiger partial charge in [0.15, 0.2) is 0 Å². The van der Waals surface area contributed by atoms with Crippen LogP contribution in [0.1, 0.15) is 36.4 Å². The van der Waals surface area contributed by atoms with Gasteiger partial charge in [0, 0.05) is 18.3 Å². The molecule has 1 fully saturated rings. The largest absolute Gasteiger partial charge is 0.311 e. The number of amides is 1. The van der Waals surface area contributed by atoms with E-state index >= 15 is 0 Å². The van der Waals surface area contributed by atoms with Gasteiger partial charge in [0.2, 0.25) is 5.91 Å². The monoisotopic (exact) mass is 320 g/mol. The van der Waals surface area contributed by atoms with Crippen LogP contribution in [-0.2, 0) is 11.2 Å². The van der Waals surface area contributed by atoms with E-state index in [4.69, 9.17) is 0 Å². The fourth-order valence-electron chi connectivity index (χ4n) is 4.12. The number of carbonyl (C=O) groups excluding carboxylic acids is 1. The second-order valence-corrected chi connectivity index (χ2v) is 6.82. The van der Waals surface area contributed by atoms with Crippen LogP contribution in [-0.4, -0.2) is 30.4 Å². The maximum Gasteiger partial charge on any atom is 0.241 e. The van der Waals surface area contributed by atoms with Gasteiger partial charge in [-0.15, -0.1) is 0 Å². The zero-order valence-electron chi connectivity index (χ0n) is 14.0. The van der Waals surface area contributed by atoms with Crippen molar-refractivity contribution in [3.05, 3.63) is 65.7 Å². The van der Waals surface area contributed by atoms with Crippen LogP contribution < -0.4 is 4.90 Å². The summed E-state index contributed by atoms with van der Waals surface area (Å²) in [5.41, 5.74) is 3.75. The van der Waals surface area contributed by atoms with Gasteiger partial charge in [-0.2, -0.15) is 0 Å². The molecular weight excluding hydrogens is 296 g/mol. The second kappa shape index (κ2) is 6.78. The normalized spacial score (nSPS) is 20.8. The molecule has 1 atom stereocenters. The van der Waals surface area contributed by atoms with Crippen molar-refractivity contribution >= 4 is 11.6 Å². The summed E-state index contributed by atoms with van der Waals surface area (Å²) < 4.78 is 0. The number of hydrogen-bond acceptors (Lipinski definition) is 2. The average molecular weight is 320 g/mol. The maximum atomic E-state index is 13.0. The number of benzene rings is 2. The lowest BCUT2D eigenvalue weighted by Crippen LogP contribution is -2.42. The highest BCUT2D eigenvalue weighted by molar-refractivity contribution is 5.96. The summed E-state index contributed by atoms with van der Waals surface area (Å²) in [5.74, 6) is 0.241. The van der Waals surface area contributed by atoms with Crippen molar-refractivity contribution in [1.82, 2.24) is 4.90 Å². The summed E-state index contributed by atoms with van der Waals surface area (Å²) in [4.78, 5) is 17.3. The van der Waals surface area contributed by atoms with E-state index in [1.807, 2.05) is 11.0 Å². The van der Waals surface area contributed by atoms with Crippen molar-refractivity contribution in [3.63, 3.8) is 0 Å². The first-order valence-corrected chi connectivity index (χ1v) is 9.00. The van der Waals surface area contributed by atoms with Crippen LogP contribution in [0.25, 0.3) is 0 Å². The third-order valence-corrected chi connectivity index (χ3v) is 5.30. The van der Waals surface area contributed by atoms with Crippen LogP contribution in [0.2, 0.25) is 0 Å². The van der Waals surface area contributed by atoms with Crippen molar-refractivity contribution in [3.8, 4) is 0 Å². The molecule has 3 nitrogen and oxygen atoms in total. The number of carbonyl (C=O) groups is 1. The highest BCUT2D eigenvalue weighted by Crippen LogP contribution is 2.32. The number of fused-ring (bicyclic) bond motifs is 1. The van der Waals surface area contributed by atoms with Gasteiger partial charge in [0.25, 0.3) is 0 Å². The zero-order valence-corrected chi connectivity index (χ0v) is 14.0. The van der Waals surface area contributed by atoms with E-state index in [-0.39, 0.29) is 5.91 Å². The van der Waals surface area contributed by atoms with E-state index in [0.29, 0.717) is 12.6 Å². The Balaban J connectivity index is 1.50. The van der Waals surface area contributed by atoms with Crippen LogP contribution in [0.4, 0.5) is 5.69 Å². The maximum absolute atomic E-state index is 13.0. The third-order valence-electron chi connectivity index (χ3n) is 5.30. The quantitative estimate of drug-likeness (QED) is 0.859. The molecule has 0 aromatic heterocycles. The van der Waals surface area contributed by atoms with Gasteiger partial charge in [0.05, 0.1) is 6.54 Å². The Bertz CT molecular complexity index is 713. The number of nitrogens with zero attached hydrogens (tertiary/aromatic N) is 2. The number of aryl methyl sites for hydroxylation is 1. The smallest absolute Gasteiger partial charge is 0.241 e. The van der Waals surface area contributed by atoms with E-state index < -0.39 is 0 Å². The highest BCUT2D eigenvalue weighted by Gasteiger charge is 2.30. The number of rotatable bonds is 3. The molecule has 2 aromatic carbocycles. The van der Waals surface area contributed by atoms with Crippen LogP contribution >= 0.6 is 0 Å². The predicted molar refractivity (Wildman–Crippen MR) is 97.1 cm³/mol. The summed E-state index contributed by atoms with van der Waals surface area (Å²) in [6.45, 7) is 2.38. The van der Waals surface area contributed by atoms with Crippen LogP contribution in [0, 0.1) is 0 Å². The molecule has 0 bridgehead atoms. The van der Waals surface area contributed by atoms with E-state index in [2.05, 4.69) is 53.4 Å². The fraction of sp³-hybridized carbons (Fsp3) is 0.381. The molecule has 24 heavy (non-hydrogen) atoms. The minimum Gasteiger partial charge on any atom is -0.311 e. The van der Waals surface area contributed by atoms with E-state index in [0.717, 1.165) is 38.0 Å². The molecule has 1 amide bonds.